The van der Waals surface area contributed by atoms with Crippen molar-refractivity contribution in [1.82, 2.24) is 0 Å². The number of aldehydes is 1. The van der Waals surface area contributed by atoms with E-state index in [4.69, 9.17) is 25.8 Å². The number of halogens is 1. The van der Waals surface area contributed by atoms with Crippen LogP contribution in [0.5, 0.6) is 5.75 Å². The second-order valence-electron chi connectivity index (χ2n) is 7.11. The van der Waals surface area contributed by atoms with Gasteiger partial charge in [0, 0.05) is 24.8 Å². The predicted octanol–water partition coefficient (Wildman–Crippen LogP) is 4.68. The first kappa shape index (κ1) is 21.3. The Morgan fingerprint density at radius 2 is 1.97 bits per heavy atom. The van der Waals surface area contributed by atoms with Gasteiger partial charge in [-0.05, 0) is 48.2 Å². The van der Waals surface area contributed by atoms with Crippen LogP contribution in [0.4, 0.5) is 0 Å². The van der Waals surface area contributed by atoms with Crippen molar-refractivity contribution in [3.63, 3.8) is 0 Å². The molecule has 0 N–H and O–H groups in total. The molecule has 0 radical (unpaired) electrons. The molecular weight excluding hydrogens is 392 g/mol. The highest BCUT2D eigenvalue weighted by Gasteiger charge is 2.32. The molecule has 1 heterocycles. The lowest BCUT2D eigenvalue weighted by Crippen LogP contribution is -2.34. The van der Waals surface area contributed by atoms with E-state index in [0.717, 1.165) is 28.7 Å². The first-order valence-electron chi connectivity index (χ1n) is 9.76. The molecule has 0 amide bonds. The van der Waals surface area contributed by atoms with E-state index in [1.165, 1.54) is 6.92 Å². The first-order valence-corrected chi connectivity index (χ1v) is 10.1. The molecule has 2 aromatic carbocycles. The third-order valence-electron chi connectivity index (χ3n) is 4.87. The third-order valence-corrected chi connectivity index (χ3v) is 5.23. The zero-order valence-electron chi connectivity index (χ0n) is 16.6. The number of benzene rings is 2. The largest absolute Gasteiger partial charge is 0.494 e. The van der Waals surface area contributed by atoms with E-state index < -0.39 is 6.10 Å². The monoisotopic (exact) mass is 416 g/mol. The van der Waals surface area contributed by atoms with Crippen LogP contribution in [-0.2, 0) is 25.5 Å². The molecule has 0 bridgehead atoms. The molecule has 1 fully saturated rings. The van der Waals surface area contributed by atoms with Crippen molar-refractivity contribution in [2.24, 2.45) is 0 Å². The number of hydrogen-bond donors (Lipinski definition) is 0. The van der Waals surface area contributed by atoms with Crippen LogP contribution in [0.25, 0.3) is 0 Å². The molecule has 1 aliphatic heterocycles. The second-order valence-corrected chi connectivity index (χ2v) is 7.51. The summed E-state index contributed by atoms with van der Waals surface area (Å²) in [5.74, 6) is 0.482. The molecule has 0 spiro atoms. The van der Waals surface area contributed by atoms with Crippen LogP contribution in [0.15, 0.2) is 42.5 Å². The molecule has 3 atom stereocenters. The summed E-state index contributed by atoms with van der Waals surface area (Å²) < 4.78 is 16.7. The lowest BCUT2D eigenvalue weighted by molar-refractivity contribution is -0.162. The van der Waals surface area contributed by atoms with E-state index in [1.807, 2.05) is 49.4 Å². The number of hydrogen-bond acceptors (Lipinski definition) is 5. The smallest absolute Gasteiger partial charge is 0.302 e. The van der Waals surface area contributed by atoms with E-state index in [-0.39, 0.29) is 18.2 Å². The molecule has 29 heavy (non-hydrogen) atoms. The molecule has 154 valence electrons. The van der Waals surface area contributed by atoms with Crippen LogP contribution in [-0.4, -0.2) is 31.1 Å². The highest BCUT2D eigenvalue weighted by atomic mass is 35.5. The van der Waals surface area contributed by atoms with E-state index in [0.29, 0.717) is 30.9 Å². The van der Waals surface area contributed by atoms with Gasteiger partial charge >= 0.3 is 5.97 Å². The Morgan fingerprint density at radius 3 is 2.62 bits per heavy atom. The highest BCUT2D eigenvalue weighted by Crippen LogP contribution is 2.34. The van der Waals surface area contributed by atoms with Crippen LogP contribution < -0.4 is 4.74 Å². The van der Waals surface area contributed by atoms with E-state index in [2.05, 4.69) is 0 Å². The van der Waals surface area contributed by atoms with Crippen molar-refractivity contribution in [2.75, 3.05) is 6.61 Å². The quantitative estimate of drug-likeness (QED) is 0.484. The lowest BCUT2D eigenvalue weighted by Gasteiger charge is -2.33. The Bertz CT molecular complexity index is 849. The van der Waals surface area contributed by atoms with Gasteiger partial charge in [0.2, 0.25) is 0 Å². The van der Waals surface area contributed by atoms with Gasteiger partial charge in [-0.2, -0.15) is 0 Å². The summed E-state index contributed by atoms with van der Waals surface area (Å²) in [6, 6.07) is 13.7. The van der Waals surface area contributed by atoms with E-state index >= 15 is 0 Å². The van der Waals surface area contributed by atoms with Crippen molar-refractivity contribution >= 4 is 23.9 Å². The summed E-state index contributed by atoms with van der Waals surface area (Å²) in [6.07, 6.45) is 1.05. The van der Waals surface area contributed by atoms with E-state index in [9.17, 15) is 9.59 Å². The zero-order valence-corrected chi connectivity index (χ0v) is 17.4. The maximum Gasteiger partial charge on any atom is 0.302 e. The van der Waals surface area contributed by atoms with Gasteiger partial charge in [-0.25, -0.2) is 0 Å². The Morgan fingerprint density at radius 1 is 1.21 bits per heavy atom. The van der Waals surface area contributed by atoms with Crippen LogP contribution in [0.2, 0.25) is 5.02 Å². The van der Waals surface area contributed by atoms with Crippen molar-refractivity contribution < 1.29 is 23.8 Å². The maximum absolute atomic E-state index is 11.3. The molecule has 5 nitrogen and oxygen atoms in total. The maximum atomic E-state index is 11.3. The van der Waals surface area contributed by atoms with Crippen LogP contribution in [0.3, 0.4) is 0 Å². The average molecular weight is 417 g/mol. The summed E-state index contributed by atoms with van der Waals surface area (Å²) in [5.41, 5.74) is 2.99. The van der Waals surface area contributed by atoms with Crippen molar-refractivity contribution in [2.45, 2.75) is 51.4 Å². The summed E-state index contributed by atoms with van der Waals surface area (Å²) in [5, 5.41) is 0.668. The van der Waals surface area contributed by atoms with Gasteiger partial charge in [-0.1, -0.05) is 35.9 Å². The minimum absolute atomic E-state index is 0.334. The Balaban J connectivity index is 1.78. The Labute approximate surface area is 175 Å². The normalized spacial score (nSPS) is 21.4. The number of rotatable bonds is 7. The topological polar surface area (TPSA) is 61.8 Å². The number of ether oxygens (including phenoxy) is 3. The highest BCUT2D eigenvalue weighted by molar-refractivity contribution is 6.31. The van der Waals surface area contributed by atoms with Gasteiger partial charge < -0.3 is 19.0 Å². The van der Waals surface area contributed by atoms with Gasteiger partial charge in [-0.3, -0.25) is 4.79 Å². The molecule has 1 saturated heterocycles. The fraction of sp³-hybridized carbons (Fsp3) is 0.391. The van der Waals surface area contributed by atoms with Crippen molar-refractivity contribution in [3.8, 4) is 5.75 Å². The molecule has 0 aromatic heterocycles. The summed E-state index contributed by atoms with van der Waals surface area (Å²) in [6.45, 7) is 3.95. The van der Waals surface area contributed by atoms with Gasteiger partial charge in [-0.15, -0.1) is 0 Å². The molecule has 2 aromatic rings. The van der Waals surface area contributed by atoms with E-state index in [1.54, 1.807) is 0 Å². The predicted molar refractivity (Wildman–Crippen MR) is 110 cm³/mol. The molecule has 0 aliphatic carbocycles. The Hall–Kier alpha value is -2.37. The number of carbonyl (C=O) groups is 2. The molecule has 3 unspecified atom stereocenters. The van der Waals surface area contributed by atoms with Gasteiger partial charge in [0.15, 0.2) is 0 Å². The molecular formula is C23H25ClO5. The Kier molecular flexibility index (Phi) is 7.29. The van der Waals surface area contributed by atoms with Crippen molar-refractivity contribution in [1.29, 1.82) is 0 Å². The standard InChI is InChI=1S/C23H25ClO5/c1-3-27-19-7-4-16(5-8-19)10-18-11-17(6-9-22(18)24)23-13-20(28-15(2)26)12-21(14-25)29-23/h4-9,11,14,20-21,23H,3,10,12-13H2,1-2H3. The number of carbonyl (C=O) groups excluding carboxylic acids is 2. The fourth-order valence-electron chi connectivity index (χ4n) is 3.57. The minimum atomic E-state index is -0.594. The summed E-state index contributed by atoms with van der Waals surface area (Å²) in [7, 11) is 0. The lowest BCUT2D eigenvalue weighted by atomic mass is 9.94. The SMILES string of the molecule is CCOc1ccc(Cc2cc(C3CC(OC(C)=O)CC(C=O)O3)ccc2Cl)cc1. The summed E-state index contributed by atoms with van der Waals surface area (Å²) >= 11 is 6.43. The minimum Gasteiger partial charge on any atom is -0.494 e. The summed E-state index contributed by atoms with van der Waals surface area (Å²) in [4.78, 5) is 22.6. The van der Waals surface area contributed by atoms with Crippen molar-refractivity contribution in [3.05, 3.63) is 64.2 Å². The van der Waals surface area contributed by atoms with Gasteiger partial charge in [0.1, 0.15) is 24.2 Å². The third kappa shape index (κ3) is 5.81. The van der Waals surface area contributed by atoms with Gasteiger partial charge in [0.05, 0.1) is 12.7 Å². The molecule has 6 heteroatoms. The zero-order chi connectivity index (χ0) is 20.8. The van der Waals surface area contributed by atoms with Crippen LogP contribution in [0, 0.1) is 0 Å². The van der Waals surface area contributed by atoms with Crippen LogP contribution in [0.1, 0.15) is 49.5 Å². The molecule has 0 saturated carbocycles. The average Bonchev–Trinajstić information content (AvgIpc) is 2.70. The molecule has 3 rings (SSSR count). The van der Waals surface area contributed by atoms with Gasteiger partial charge in [0.25, 0.3) is 0 Å². The van der Waals surface area contributed by atoms with Crippen LogP contribution >= 0.6 is 11.6 Å². The fourth-order valence-corrected chi connectivity index (χ4v) is 3.75. The molecule has 1 aliphatic rings. The number of esters is 1. The second kappa shape index (κ2) is 9.90. The first-order chi connectivity index (χ1) is 14.0.